The molecule has 0 aliphatic carbocycles. The van der Waals surface area contributed by atoms with Crippen molar-refractivity contribution < 1.29 is 4.79 Å². The van der Waals surface area contributed by atoms with Crippen LogP contribution in [0.4, 0.5) is 11.4 Å². The molecule has 0 radical (unpaired) electrons. The summed E-state index contributed by atoms with van der Waals surface area (Å²) in [5.41, 5.74) is 6.79. The maximum absolute atomic E-state index is 12.2. The average Bonchev–Trinajstić information content (AvgIpc) is 2.33. The maximum Gasteiger partial charge on any atom is 0.259 e. The number of hydrogen-bond donors (Lipinski definition) is 2. The minimum absolute atomic E-state index is 0.236. The van der Waals surface area contributed by atoms with E-state index in [2.05, 4.69) is 21.2 Å². The fourth-order valence-corrected chi connectivity index (χ4v) is 2.35. The number of nitrogen functional groups attached to an aromatic ring is 1. The predicted molar refractivity (Wildman–Crippen MR) is 83.0 cm³/mol. The van der Waals surface area contributed by atoms with Crippen LogP contribution < -0.4 is 11.1 Å². The summed E-state index contributed by atoms with van der Waals surface area (Å²) in [6.07, 6.45) is 0. The van der Waals surface area contributed by atoms with Gasteiger partial charge < -0.3 is 11.1 Å². The van der Waals surface area contributed by atoms with Gasteiger partial charge in [0, 0.05) is 10.2 Å². The topological polar surface area (TPSA) is 55.1 Å². The molecule has 0 atom stereocenters. The lowest BCUT2D eigenvalue weighted by Gasteiger charge is -2.10. The van der Waals surface area contributed by atoms with E-state index in [0.717, 1.165) is 4.47 Å². The molecule has 0 saturated heterocycles. The Kier molecular flexibility index (Phi) is 4.34. The predicted octanol–water partition coefficient (Wildman–Crippen LogP) is 4.59. The Morgan fingerprint density at radius 1 is 1.16 bits per heavy atom. The third-order valence-corrected chi connectivity index (χ3v) is 3.59. The normalized spacial score (nSPS) is 10.3. The summed E-state index contributed by atoms with van der Waals surface area (Å²) in [6, 6.07) is 10.1. The third-order valence-electron chi connectivity index (χ3n) is 2.45. The standard InChI is InChI=1S/C13H9BrCl2N2O/c14-7-4-5-8(15)11(6-7)18-13(19)12-9(16)2-1-3-10(12)17/h1-6H,17H2,(H,18,19). The van der Waals surface area contributed by atoms with Crippen molar-refractivity contribution in [1.82, 2.24) is 0 Å². The fourth-order valence-electron chi connectivity index (χ4n) is 1.56. The highest BCUT2D eigenvalue weighted by Gasteiger charge is 2.15. The molecule has 0 aliphatic heterocycles. The van der Waals surface area contributed by atoms with Crippen molar-refractivity contribution in [3.05, 3.63) is 56.5 Å². The van der Waals surface area contributed by atoms with Gasteiger partial charge in [0.25, 0.3) is 5.91 Å². The molecule has 2 aromatic carbocycles. The molecular weight excluding hydrogens is 351 g/mol. The minimum Gasteiger partial charge on any atom is -0.398 e. The summed E-state index contributed by atoms with van der Waals surface area (Å²) in [5.74, 6) is -0.400. The zero-order valence-corrected chi connectivity index (χ0v) is 12.7. The van der Waals surface area contributed by atoms with Gasteiger partial charge in [-0.25, -0.2) is 0 Å². The SMILES string of the molecule is Nc1cccc(Cl)c1C(=O)Nc1cc(Br)ccc1Cl. The molecule has 0 aliphatic rings. The lowest BCUT2D eigenvalue weighted by atomic mass is 10.1. The number of anilines is 2. The van der Waals surface area contributed by atoms with Gasteiger partial charge in [0.1, 0.15) is 0 Å². The van der Waals surface area contributed by atoms with Gasteiger partial charge in [0.15, 0.2) is 0 Å². The molecule has 1 amide bonds. The van der Waals surface area contributed by atoms with Crippen LogP contribution in [0, 0.1) is 0 Å². The summed E-state index contributed by atoms with van der Waals surface area (Å²) in [6.45, 7) is 0. The van der Waals surface area contributed by atoms with Crippen LogP contribution in [-0.4, -0.2) is 5.91 Å². The number of carbonyl (C=O) groups excluding carboxylic acids is 1. The van der Waals surface area contributed by atoms with Crippen LogP contribution in [0.25, 0.3) is 0 Å². The number of nitrogens with two attached hydrogens (primary N) is 1. The van der Waals surface area contributed by atoms with Crippen molar-refractivity contribution in [1.29, 1.82) is 0 Å². The maximum atomic E-state index is 12.2. The van der Waals surface area contributed by atoms with E-state index in [1.165, 1.54) is 0 Å². The first-order chi connectivity index (χ1) is 8.99. The van der Waals surface area contributed by atoms with Crippen LogP contribution in [0.15, 0.2) is 40.9 Å². The largest absolute Gasteiger partial charge is 0.398 e. The Morgan fingerprint density at radius 3 is 2.58 bits per heavy atom. The van der Waals surface area contributed by atoms with Crippen LogP contribution in [0.3, 0.4) is 0 Å². The van der Waals surface area contributed by atoms with Crippen molar-refractivity contribution in [2.75, 3.05) is 11.1 Å². The molecule has 3 nitrogen and oxygen atoms in total. The summed E-state index contributed by atoms with van der Waals surface area (Å²) >= 11 is 15.3. The summed E-state index contributed by atoms with van der Waals surface area (Å²) in [7, 11) is 0. The Hall–Kier alpha value is -1.23. The molecule has 0 saturated carbocycles. The van der Waals surface area contributed by atoms with Crippen LogP contribution in [-0.2, 0) is 0 Å². The monoisotopic (exact) mass is 358 g/mol. The van der Waals surface area contributed by atoms with E-state index >= 15 is 0 Å². The van der Waals surface area contributed by atoms with E-state index in [1.54, 1.807) is 36.4 Å². The van der Waals surface area contributed by atoms with Crippen molar-refractivity contribution >= 4 is 56.4 Å². The Balaban J connectivity index is 2.34. The Bertz CT molecular complexity index is 626. The molecule has 0 aromatic heterocycles. The Labute approximate surface area is 128 Å². The highest BCUT2D eigenvalue weighted by molar-refractivity contribution is 9.10. The molecule has 0 spiro atoms. The lowest BCUT2D eigenvalue weighted by molar-refractivity contribution is 0.102. The van der Waals surface area contributed by atoms with E-state index in [0.29, 0.717) is 21.4 Å². The number of hydrogen-bond acceptors (Lipinski definition) is 2. The zero-order valence-electron chi connectivity index (χ0n) is 9.58. The quantitative estimate of drug-likeness (QED) is 0.770. The van der Waals surface area contributed by atoms with Crippen molar-refractivity contribution in [2.24, 2.45) is 0 Å². The van der Waals surface area contributed by atoms with Gasteiger partial charge in [-0.05, 0) is 30.3 Å². The zero-order chi connectivity index (χ0) is 14.0. The highest BCUT2D eigenvalue weighted by Crippen LogP contribution is 2.28. The van der Waals surface area contributed by atoms with Crippen molar-refractivity contribution in [2.45, 2.75) is 0 Å². The van der Waals surface area contributed by atoms with Crippen LogP contribution in [0.1, 0.15) is 10.4 Å². The van der Waals surface area contributed by atoms with Crippen molar-refractivity contribution in [3.8, 4) is 0 Å². The van der Waals surface area contributed by atoms with E-state index in [9.17, 15) is 4.79 Å². The lowest BCUT2D eigenvalue weighted by Crippen LogP contribution is -2.15. The number of rotatable bonds is 2. The average molecular weight is 360 g/mol. The van der Waals surface area contributed by atoms with Gasteiger partial charge in [0.2, 0.25) is 0 Å². The molecule has 19 heavy (non-hydrogen) atoms. The number of amides is 1. The summed E-state index contributed by atoms with van der Waals surface area (Å²) in [5, 5.41) is 3.41. The van der Waals surface area contributed by atoms with Gasteiger partial charge in [0.05, 0.1) is 21.3 Å². The van der Waals surface area contributed by atoms with Gasteiger partial charge in [-0.2, -0.15) is 0 Å². The van der Waals surface area contributed by atoms with Crippen LogP contribution >= 0.6 is 39.1 Å². The van der Waals surface area contributed by atoms with Crippen LogP contribution in [0.2, 0.25) is 10.0 Å². The first kappa shape index (κ1) is 14.2. The summed E-state index contributed by atoms with van der Waals surface area (Å²) in [4.78, 5) is 12.2. The molecule has 0 heterocycles. The second-order valence-electron chi connectivity index (χ2n) is 3.78. The molecule has 2 aromatic rings. The first-order valence-electron chi connectivity index (χ1n) is 5.29. The third kappa shape index (κ3) is 3.21. The van der Waals surface area contributed by atoms with E-state index < -0.39 is 5.91 Å². The number of carbonyl (C=O) groups is 1. The first-order valence-corrected chi connectivity index (χ1v) is 6.84. The number of nitrogens with one attached hydrogen (secondary N) is 1. The van der Waals surface area contributed by atoms with E-state index in [1.807, 2.05) is 0 Å². The van der Waals surface area contributed by atoms with E-state index in [4.69, 9.17) is 28.9 Å². The van der Waals surface area contributed by atoms with Gasteiger partial charge in [-0.1, -0.05) is 45.2 Å². The molecule has 3 N–H and O–H groups in total. The molecular formula is C13H9BrCl2N2O. The molecule has 0 bridgehead atoms. The Morgan fingerprint density at radius 2 is 1.89 bits per heavy atom. The van der Waals surface area contributed by atoms with Gasteiger partial charge >= 0.3 is 0 Å². The summed E-state index contributed by atoms with van der Waals surface area (Å²) < 4.78 is 0.805. The smallest absolute Gasteiger partial charge is 0.259 e. The molecule has 2 rings (SSSR count). The second-order valence-corrected chi connectivity index (χ2v) is 5.51. The van der Waals surface area contributed by atoms with Gasteiger partial charge in [-0.15, -0.1) is 0 Å². The van der Waals surface area contributed by atoms with Crippen LogP contribution in [0.5, 0.6) is 0 Å². The molecule has 0 fully saturated rings. The second kappa shape index (κ2) is 5.82. The molecule has 6 heteroatoms. The van der Waals surface area contributed by atoms with E-state index in [-0.39, 0.29) is 5.56 Å². The van der Waals surface area contributed by atoms with Gasteiger partial charge in [-0.3, -0.25) is 4.79 Å². The molecule has 0 unspecified atom stereocenters. The minimum atomic E-state index is -0.400. The number of halogens is 3. The highest BCUT2D eigenvalue weighted by atomic mass is 79.9. The fraction of sp³-hybridized carbons (Fsp3) is 0. The van der Waals surface area contributed by atoms with Crippen molar-refractivity contribution in [3.63, 3.8) is 0 Å². The number of benzene rings is 2. The molecule has 98 valence electrons.